The van der Waals surface area contributed by atoms with Gasteiger partial charge in [0.25, 0.3) is 0 Å². The van der Waals surface area contributed by atoms with E-state index < -0.39 is 0 Å². The Balaban J connectivity index is 2.25. The SMILES string of the molecule is Cc1nn(C)c(OCc2ccccc2F)c1C(N)=S. The number of hydrogen-bond donors (Lipinski definition) is 1. The number of aryl methyl sites for hydroxylation is 2. The second kappa shape index (κ2) is 5.36. The average Bonchev–Trinajstić information content (AvgIpc) is 2.63. The molecule has 0 unspecified atom stereocenters. The van der Waals surface area contributed by atoms with E-state index >= 15 is 0 Å². The van der Waals surface area contributed by atoms with Crippen LogP contribution in [0.3, 0.4) is 0 Å². The summed E-state index contributed by atoms with van der Waals surface area (Å²) in [7, 11) is 1.73. The molecule has 0 bridgehead atoms. The Morgan fingerprint density at radius 2 is 2.16 bits per heavy atom. The van der Waals surface area contributed by atoms with Gasteiger partial charge in [-0.25, -0.2) is 9.07 Å². The summed E-state index contributed by atoms with van der Waals surface area (Å²) in [5.41, 5.74) is 7.40. The topological polar surface area (TPSA) is 53.1 Å². The van der Waals surface area contributed by atoms with Crippen molar-refractivity contribution in [3.63, 3.8) is 0 Å². The van der Waals surface area contributed by atoms with Gasteiger partial charge in [0.2, 0.25) is 5.88 Å². The minimum Gasteiger partial charge on any atom is -0.472 e. The number of aromatic nitrogens is 2. The monoisotopic (exact) mass is 279 g/mol. The summed E-state index contributed by atoms with van der Waals surface area (Å²) in [5, 5.41) is 4.20. The normalized spacial score (nSPS) is 10.5. The zero-order valence-electron chi connectivity index (χ0n) is 10.7. The van der Waals surface area contributed by atoms with E-state index in [0.29, 0.717) is 22.7 Å². The lowest BCUT2D eigenvalue weighted by Gasteiger charge is -2.09. The fraction of sp³-hybridized carbons (Fsp3) is 0.231. The number of nitrogens with two attached hydrogens (primary N) is 1. The van der Waals surface area contributed by atoms with Crippen molar-refractivity contribution in [2.75, 3.05) is 0 Å². The van der Waals surface area contributed by atoms with Crippen molar-refractivity contribution in [3.05, 3.63) is 46.9 Å². The molecule has 0 fully saturated rings. The molecule has 1 aromatic carbocycles. The number of thiocarbonyl (C=S) groups is 1. The van der Waals surface area contributed by atoms with Gasteiger partial charge < -0.3 is 10.5 Å². The maximum atomic E-state index is 13.5. The van der Waals surface area contributed by atoms with E-state index in [2.05, 4.69) is 5.10 Å². The molecule has 0 radical (unpaired) electrons. The summed E-state index contributed by atoms with van der Waals surface area (Å²) in [6, 6.07) is 6.44. The van der Waals surface area contributed by atoms with Gasteiger partial charge in [-0.1, -0.05) is 30.4 Å². The van der Waals surface area contributed by atoms with Crippen LogP contribution in [-0.4, -0.2) is 14.8 Å². The number of hydrogen-bond acceptors (Lipinski definition) is 3. The van der Waals surface area contributed by atoms with Gasteiger partial charge in [-0.15, -0.1) is 0 Å². The third kappa shape index (κ3) is 2.73. The number of nitrogens with zero attached hydrogens (tertiary/aromatic N) is 2. The molecular formula is C13H14FN3OS. The summed E-state index contributed by atoms with van der Waals surface area (Å²) >= 11 is 4.98. The first kappa shape index (κ1) is 13.5. The van der Waals surface area contributed by atoms with Crippen LogP contribution in [0.25, 0.3) is 0 Å². The van der Waals surface area contributed by atoms with Gasteiger partial charge in [-0.3, -0.25) is 0 Å². The molecule has 4 nitrogen and oxygen atoms in total. The minimum absolute atomic E-state index is 0.0985. The first-order valence-corrected chi connectivity index (χ1v) is 6.11. The fourth-order valence-corrected chi connectivity index (χ4v) is 2.08. The lowest BCUT2D eigenvalue weighted by molar-refractivity contribution is 0.273. The van der Waals surface area contributed by atoms with Crippen LogP contribution in [0.4, 0.5) is 4.39 Å². The highest BCUT2D eigenvalue weighted by molar-refractivity contribution is 7.80. The molecule has 2 aromatic rings. The molecular weight excluding hydrogens is 265 g/mol. The van der Waals surface area contributed by atoms with E-state index in [9.17, 15) is 4.39 Å². The van der Waals surface area contributed by atoms with Crippen LogP contribution in [0.1, 0.15) is 16.8 Å². The summed E-state index contributed by atoms with van der Waals surface area (Å²) < 4.78 is 20.7. The van der Waals surface area contributed by atoms with Gasteiger partial charge in [-0.2, -0.15) is 5.10 Å². The molecule has 0 spiro atoms. The van der Waals surface area contributed by atoms with Crippen LogP contribution >= 0.6 is 12.2 Å². The quantitative estimate of drug-likeness (QED) is 0.871. The van der Waals surface area contributed by atoms with Crippen molar-refractivity contribution in [2.45, 2.75) is 13.5 Å². The van der Waals surface area contributed by atoms with Crippen LogP contribution in [0.15, 0.2) is 24.3 Å². The third-order valence-corrected chi connectivity index (χ3v) is 2.94. The van der Waals surface area contributed by atoms with Crippen LogP contribution in [0.5, 0.6) is 5.88 Å². The van der Waals surface area contributed by atoms with E-state index in [1.165, 1.54) is 6.07 Å². The van der Waals surface area contributed by atoms with E-state index in [-0.39, 0.29) is 17.4 Å². The van der Waals surface area contributed by atoms with Crippen molar-refractivity contribution in [3.8, 4) is 5.88 Å². The van der Waals surface area contributed by atoms with Crippen molar-refractivity contribution < 1.29 is 9.13 Å². The van der Waals surface area contributed by atoms with Gasteiger partial charge >= 0.3 is 0 Å². The maximum Gasteiger partial charge on any atom is 0.222 e. The predicted octanol–water partition coefficient (Wildman–Crippen LogP) is 2.08. The number of rotatable bonds is 4. The molecule has 0 aliphatic carbocycles. The van der Waals surface area contributed by atoms with Gasteiger partial charge in [-0.05, 0) is 13.0 Å². The molecule has 0 aliphatic heterocycles. The van der Waals surface area contributed by atoms with Crippen LogP contribution in [0.2, 0.25) is 0 Å². The predicted molar refractivity (Wildman–Crippen MR) is 74.6 cm³/mol. The Morgan fingerprint density at radius 3 is 2.79 bits per heavy atom. The van der Waals surface area contributed by atoms with Crippen LogP contribution in [-0.2, 0) is 13.7 Å². The van der Waals surface area contributed by atoms with E-state index in [1.54, 1.807) is 36.9 Å². The van der Waals surface area contributed by atoms with Crippen molar-refractivity contribution >= 4 is 17.2 Å². The molecule has 100 valence electrons. The van der Waals surface area contributed by atoms with E-state index in [0.717, 1.165) is 0 Å². The Morgan fingerprint density at radius 1 is 1.47 bits per heavy atom. The lowest BCUT2D eigenvalue weighted by atomic mass is 10.2. The summed E-state index contributed by atoms with van der Waals surface area (Å²) in [6.45, 7) is 1.89. The Bertz CT molecular complexity index is 624. The standard InChI is InChI=1S/C13H14FN3OS/c1-8-11(12(15)19)13(17(2)16-8)18-7-9-5-3-4-6-10(9)14/h3-6H,7H2,1-2H3,(H2,15,19). The first-order chi connectivity index (χ1) is 9.00. The number of halogens is 1. The van der Waals surface area contributed by atoms with Crippen LogP contribution < -0.4 is 10.5 Å². The van der Waals surface area contributed by atoms with Crippen molar-refractivity contribution in [1.82, 2.24) is 9.78 Å². The number of ether oxygens (including phenoxy) is 1. The Kier molecular flexibility index (Phi) is 3.80. The molecule has 0 saturated heterocycles. The van der Waals surface area contributed by atoms with Gasteiger partial charge in [0.15, 0.2) is 0 Å². The van der Waals surface area contributed by atoms with E-state index in [1.807, 2.05) is 0 Å². The average molecular weight is 279 g/mol. The molecule has 0 amide bonds. The molecule has 1 heterocycles. The van der Waals surface area contributed by atoms with Gasteiger partial charge in [0.1, 0.15) is 17.4 Å². The second-order valence-electron chi connectivity index (χ2n) is 4.13. The molecule has 0 atom stereocenters. The molecule has 2 N–H and O–H groups in total. The van der Waals surface area contributed by atoms with E-state index in [4.69, 9.17) is 22.7 Å². The Labute approximate surface area is 116 Å². The summed E-state index contributed by atoms with van der Waals surface area (Å²) in [5.74, 6) is 0.145. The summed E-state index contributed by atoms with van der Waals surface area (Å²) in [4.78, 5) is 0.217. The summed E-state index contributed by atoms with van der Waals surface area (Å²) in [6.07, 6.45) is 0. The zero-order valence-corrected chi connectivity index (χ0v) is 11.5. The number of benzene rings is 1. The lowest BCUT2D eigenvalue weighted by Crippen LogP contribution is -2.13. The highest BCUT2D eigenvalue weighted by Gasteiger charge is 2.17. The molecule has 2 rings (SSSR count). The molecule has 6 heteroatoms. The first-order valence-electron chi connectivity index (χ1n) is 5.70. The molecule has 0 saturated carbocycles. The fourth-order valence-electron chi connectivity index (χ4n) is 1.85. The largest absolute Gasteiger partial charge is 0.472 e. The zero-order chi connectivity index (χ0) is 14.0. The van der Waals surface area contributed by atoms with Crippen molar-refractivity contribution in [2.24, 2.45) is 12.8 Å². The smallest absolute Gasteiger partial charge is 0.222 e. The van der Waals surface area contributed by atoms with Gasteiger partial charge in [0.05, 0.1) is 11.3 Å². The van der Waals surface area contributed by atoms with Crippen LogP contribution in [0, 0.1) is 12.7 Å². The maximum absolute atomic E-state index is 13.5. The van der Waals surface area contributed by atoms with Crippen molar-refractivity contribution in [1.29, 1.82) is 0 Å². The van der Waals surface area contributed by atoms with Gasteiger partial charge in [0, 0.05) is 12.6 Å². The highest BCUT2D eigenvalue weighted by Crippen LogP contribution is 2.22. The molecule has 0 aliphatic rings. The molecule has 1 aromatic heterocycles. The highest BCUT2D eigenvalue weighted by atomic mass is 32.1. The Hall–Kier alpha value is -1.95. The third-order valence-electron chi connectivity index (χ3n) is 2.74. The second-order valence-corrected chi connectivity index (χ2v) is 4.57. The molecule has 19 heavy (non-hydrogen) atoms. The minimum atomic E-state index is -0.307.